The molecule has 0 radical (unpaired) electrons. The van der Waals surface area contributed by atoms with Crippen LogP contribution in [-0.2, 0) is 14.1 Å². The Morgan fingerprint density at radius 2 is 0.787 bits per heavy atom. The van der Waals surface area contributed by atoms with Crippen LogP contribution in [0.5, 0.6) is 0 Å². The third-order valence-corrected chi connectivity index (χ3v) is 28.6. The Kier molecular flexibility index (Phi) is 28.3. The molecule has 10 N–H and O–H groups in total. The van der Waals surface area contributed by atoms with Gasteiger partial charge >= 0.3 is 17.4 Å². The number of halogens is 5. The SMILES string of the molecule is CNC(=O)N(N=N)c1cc(N)c(F)cc1C1CC1.[C-]#[N+]c1cnc(Cl)nc1N[C@@H]1C[C@@H]2CCCN2C(C)(C)C1.[C-]#[N+]c1cnc(Cl)nc1N[C@H]1C[C@H]2CCCN2C(C)(C)C1.[C-]#[N+]c1cnc(Nc2cc(-n3nnn(C)c3=O)c(C3CC3)cc2F)nc1N[C@@H]1C[C@@H]2CCCN2C(C)(C)C1.[C-]#[N+]c1cnc(Nc2cc(-n3nnn(C)c3=O)c(C3CC3)cc2F)nc1N[C@H]1C[C@H]2CCCN2C(C)(C)C1. The highest BCUT2D eigenvalue weighted by atomic mass is 35.5. The third-order valence-electron chi connectivity index (χ3n) is 28.3. The van der Waals surface area contributed by atoms with Gasteiger partial charge in [-0.2, -0.15) is 29.3 Å². The Morgan fingerprint density at radius 1 is 0.471 bits per heavy atom. The molecule has 8 atom stereocenters. The number of nitrogens with zero attached hydrogens (tertiary/aromatic N) is 26. The van der Waals surface area contributed by atoms with Gasteiger partial charge in [-0.25, -0.2) is 86.8 Å². The molecule has 14 heterocycles. The van der Waals surface area contributed by atoms with E-state index >= 15 is 8.78 Å². The molecule has 43 heteroatoms. The van der Waals surface area contributed by atoms with Crippen molar-refractivity contribution in [3.05, 3.63) is 173 Å². The molecule has 2 amide bonds. The number of hydrogen-bond donors (Lipinski definition) is 9. The average Bonchev–Trinajstić information content (AvgIpc) is 1.62. The highest BCUT2D eigenvalue weighted by Gasteiger charge is 2.48. The fourth-order valence-electron chi connectivity index (χ4n) is 21.7. The molecular weight excluding hydrogens is 1780 g/mol. The second kappa shape index (κ2) is 40.0. The van der Waals surface area contributed by atoms with Crippen LogP contribution in [0.3, 0.4) is 0 Å². The van der Waals surface area contributed by atoms with Gasteiger partial charge in [0.05, 0.1) is 60.4 Å². The number of nitrogens with one attached hydrogen (secondary N) is 8. The first kappa shape index (κ1) is 96.5. The lowest BCUT2D eigenvalue weighted by molar-refractivity contribution is 0.0499. The van der Waals surface area contributed by atoms with Crippen molar-refractivity contribution >= 4 is 110 Å². The zero-order chi connectivity index (χ0) is 96.6. The Labute approximate surface area is 797 Å². The van der Waals surface area contributed by atoms with Crippen LogP contribution in [0.25, 0.3) is 30.8 Å². The van der Waals surface area contributed by atoms with E-state index in [4.69, 9.17) is 60.8 Å². The first-order chi connectivity index (χ1) is 65.0. The molecule has 8 saturated heterocycles. The number of piperidine rings is 4. The number of hydrogen-bond acceptors (Lipinski definition) is 28. The summed E-state index contributed by atoms with van der Waals surface area (Å²) in [5.74, 6) is 1.44. The van der Waals surface area contributed by atoms with Gasteiger partial charge in [0, 0.05) is 116 Å². The number of fused-ring (bicyclic) bond motifs is 4. The minimum Gasteiger partial charge on any atom is -0.396 e. The highest BCUT2D eigenvalue weighted by molar-refractivity contribution is 6.28. The number of carbonyl (C=O) groups excluding carboxylic acids is 1. The largest absolute Gasteiger partial charge is 0.396 e. The van der Waals surface area contributed by atoms with E-state index in [0.717, 1.165) is 128 Å². The van der Waals surface area contributed by atoms with Gasteiger partial charge in [-0.05, 0) is 338 Å². The fraction of sp³-hybridized carbons (Fsp3) is 0.559. The zero-order valence-corrected chi connectivity index (χ0v) is 79.8. The van der Waals surface area contributed by atoms with Crippen LogP contribution < -0.4 is 59.3 Å². The lowest BCUT2D eigenvalue weighted by atomic mass is 9.84. The fourth-order valence-corrected chi connectivity index (χ4v) is 22.0. The van der Waals surface area contributed by atoms with Crippen LogP contribution in [0.1, 0.15) is 231 Å². The van der Waals surface area contributed by atoms with Crippen LogP contribution in [0.4, 0.5) is 98.6 Å². The van der Waals surface area contributed by atoms with Crippen molar-refractivity contribution in [2.45, 2.75) is 285 Å². The lowest BCUT2D eigenvalue weighted by Crippen LogP contribution is -2.55. The van der Waals surface area contributed by atoms with Crippen LogP contribution in [0, 0.1) is 49.3 Å². The van der Waals surface area contributed by atoms with Crippen LogP contribution in [-0.4, -0.2) is 209 Å². The Balaban J connectivity index is 0.000000128. The van der Waals surface area contributed by atoms with Crippen LogP contribution in [0.15, 0.2) is 76.0 Å². The van der Waals surface area contributed by atoms with E-state index in [1.807, 2.05) is 0 Å². The standard InChI is InChI=1S/2C26H31FN10O.2C15H20ClN5.C11H14FN5O/c2*1-26(2)13-16(10-17-6-5-9-36(17)26)30-23-21(28-3)14-29-24(32-23)31-20-12-22(37-25(38)35(4)33-34-37)18(11-19(20)27)15-7-8-15;2*1-15(2)8-10(7-11-5-4-6-21(11)15)19-13-12(17-3)9-18-14(16)20-13;1-15-11(18)17(16-14)10-5-9(13)8(12)4-7(10)6-2-3-6/h2*11-12,14-17H,5-10,13H2,1-2,4H3,(H2,29,30,31,32);2*9-11H,4-8H2,1-2H3,(H,18,19,20);4-6,14H,2-3,13H2,1H3,(H,15,18)/t2*16-,17+;2*10-,11+;/m1010./s1. The third kappa shape index (κ3) is 21.4. The Morgan fingerprint density at radius 3 is 1.09 bits per heavy atom. The van der Waals surface area contributed by atoms with Gasteiger partial charge in [0.1, 0.15) is 40.7 Å². The number of amides is 2. The van der Waals surface area contributed by atoms with Crippen molar-refractivity contribution in [3.8, 4) is 11.4 Å². The van der Waals surface area contributed by atoms with E-state index in [0.29, 0.717) is 105 Å². The molecular formula is C93H116Cl2F3N35O3. The highest BCUT2D eigenvalue weighted by Crippen LogP contribution is 2.50. The zero-order valence-electron chi connectivity index (χ0n) is 78.3. The number of carbonyl (C=O) groups is 1. The number of benzene rings is 3. The number of aryl methyl sites for hydroxylation is 2. The molecule has 11 aliphatic rings. The van der Waals surface area contributed by atoms with Gasteiger partial charge < -0.3 is 43.0 Å². The van der Waals surface area contributed by atoms with Crippen molar-refractivity contribution in [3.63, 3.8) is 0 Å². The summed E-state index contributed by atoms with van der Waals surface area (Å²) in [5, 5.41) is 42.1. The summed E-state index contributed by atoms with van der Waals surface area (Å²) < 4.78 is 48.6. The maximum absolute atomic E-state index is 15.2. The van der Waals surface area contributed by atoms with Crippen molar-refractivity contribution in [2.75, 3.05) is 75.9 Å². The first-order valence-corrected chi connectivity index (χ1v) is 47.4. The normalized spacial score (nSPS) is 23.1. The van der Waals surface area contributed by atoms with E-state index < -0.39 is 34.9 Å². The molecule has 0 bridgehead atoms. The quantitative estimate of drug-likeness (QED) is 0.0119. The second-order valence-electron chi connectivity index (χ2n) is 39.7. The Hall–Kier alpha value is -12.6. The van der Waals surface area contributed by atoms with Gasteiger partial charge in [-0.1, -0.05) is 5.22 Å². The summed E-state index contributed by atoms with van der Waals surface area (Å²) in [7, 11) is 4.47. The molecule has 8 aliphatic heterocycles. The number of anilines is 10. The van der Waals surface area contributed by atoms with Gasteiger partial charge in [-0.3, -0.25) is 19.6 Å². The molecule has 136 heavy (non-hydrogen) atoms. The topological polar surface area (TPSA) is 406 Å². The van der Waals surface area contributed by atoms with Crippen LogP contribution >= 0.6 is 23.2 Å². The van der Waals surface area contributed by atoms with Crippen molar-refractivity contribution in [2.24, 2.45) is 19.3 Å². The van der Waals surface area contributed by atoms with Gasteiger partial charge in [-0.15, -0.1) is 0 Å². The molecule has 3 saturated carbocycles. The summed E-state index contributed by atoms with van der Waals surface area (Å²) in [6.07, 6.45) is 29.5. The van der Waals surface area contributed by atoms with Crippen LogP contribution in [0.2, 0.25) is 10.6 Å². The van der Waals surface area contributed by atoms with E-state index in [2.05, 4.69) is 198 Å². The molecule has 3 aromatic carbocycles. The molecule has 0 unspecified atom stereocenters. The number of tetrazole rings is 2. The summed E-state index contributed by atoms with van der Waals surface area (Å²) in [4.78, 5) is 95.1. The molecule has 20 rings (SSSR count). The molecule has 11 fully saturated rings. The van der Waals surface area contributed by atoms with Gasteiger partial charge in [0.25, 0.3) is 0 Å². The van der Waals surface area contributed by atoms with Crippen molar-refractivity contribution in [1.82, 2.24) is 104 Å². The first-order valence-electron chi connectivity index (χ1n) is 46.6. The smallest absolute Gasteiger partial charge is 0.368 e. The minimum atomic E-state index is -0.557. The molecule has 716 valence electrons. The summed E-state index contributed by atoms with van der Waals surface area (Å²) in [6, 6.07) is 11.4. The predicted octanol–water partition coefficient (Wildman–Crippen LogP) is 17.1. The van der Waals surface area contributed by atoms with E-state index in [1.165, 1.54) is 144 Å². The van der Waals surface area contributed by atoms with Crippen molar-refractivity contribution < 1.29 is 18.0 Å². The second-order valence-corrected chi connectivity index (χ2v) is 40.4. The summed E-state index contributed by atoms with van der Waals surface area (Å²) >= 11 is 11.7. The van der Waals surface area contributed by atoms with E-state index in [-0.39, 0.29) is 91.5 Å². The predicted molar refractivity (Wildman–Crippen MR) is 514 cm³/mol. The monoisotopic (exact) mass is 1900 g/mol. The number of nitrogens with two attached hydrogens (primary N) is 1. The Bertz CT molecular complexity index is 5950. The number of rotatable bonds is 19. The number of aromatic nitrogens is 16. The molecule has 6 aromatic heterocycles. The number of urea groups is 1. The maximum atomic E-state index is 15.2. The van der Waals surface area contributed by atoms with E-state index in [9.17, 15) is 18.8 Å². The molecule has 9 aromatic rings. The minimum absolute atomic E-state index is 0.0602. The number of nitrogen functional groups attached to an aromatic ring is 1. The molecule has 38 nitrogen and oxygen atoms in total. The summed E-state index contributed by atoms with van der Waals surface area (Å²) in [6.45, 7) is 52.7. The van der Waals surface area contributed by atoms with E-state index in [1.54, 1.807) is 12.1 Å². The van der Waals surface area contributed by atoms with Gasteiger partial charge in [0.15, 0.2) is 0 Å². The summed E-state index contributed by atoms with van der Waals surface area (Å²) in [5.41, 5.74) is 17.4. The lowest BCUT2D eigenvalue weighted by Gasteiger charge is -2.48. The maximum Gasteiger partial charge on any atom is 0.368 e. The molecule has 3 aliphatic carbocycles. The molecule has 0 spiro atoms. The average molecular weight is 1900 g/mol. The van der Waals surface area contributed by atoms with Crippen molar-refractivity contribution in [1.29, 1.82) is 5.53 Å². The van der Waals surface area contributed by atoms with Gasteiger partial charge in [0.2, 0.25) is 45.2 Å².